The lowest BCUT2D eigenvalue weighted by molar-refractivity contribution is 0.0697. The van der Waals surface area contributed by atoms with Gasteiger partial charge in [0.05, 0.1) is 15.8 Å². The molecule has 3 rings (SSSR count). The predicted molar refractivity (Wildman–Crippen MR) is 77.7 cm³/mol. The molecule has 106 valence electrons. The van der Waals surface area contributed by atoms with Gasteiger partial charge in [-0.05, 0) is 24.3 Å². The van der Waals surface area contributed by atoms with Gasteiger partial charge in [-0.15, -0.1) is 0 Å². The summed E-state index contributed by atoms with van der Waals surface area (Å²) in [6, 6.07) is 6.23. The highest BCUT2D eigenvalue weighted by molar-refractivity contribution is 7.22. The highest BCUT2D eigenvalue weighted by Gasteiger charge is 2.13. The van der Waals surface area contributed by atoms with Gasteiger partial charge in [0.15, 0.2) is 10.8 Å². The van der Waals surface area contributed by atoms with Gasteiger partial charge in [-0.3, -0.25) is 14.8 Å². The molecule has 21 heavy (non-hydrogen) atoms. The van der Waals surface area contributed by atoms with Gasteiger partial charge in [-0.25, -0.2) is 9.78 Å². The van der Waals surface area contributed by atoms with Crippen molar-refractivity contribution in [2.24, 2.45) is 7.05 Å². The van der Waals surface area contributed by atoms with Crippen molar-refractivity contribution in [3.05, 3.63) is 41.7 Å². The van der Waals surface area contributed by atoms with Crippen molar-refractivity contribution in [3.8, 4) is 0 Å². The van der Waals surface area contributed by atoms with Crippen molar-refractivity contribution in [1.82, 2.24) is 14.8 Å². The Morgan fingerprint density at radius 1 is 1.33 bits per heavy atom. The number of aryl methyl sites for hydroxylation is 1. The van der Waals surface area contributed by atoms with E-state index < -0.39 is 5.97 Å². The Morgan fingerprint density at radius 2 is 2.14 bits per heavy atom. The molecule has 0 aliphatic carbocycles. The summed E-state index contributed by atoms with van der Waals surface area (Å²) in [5, 5.41) is 16.0. The van der Waals surface area contributed by atoms with Crippen molar-refractivity contribution in [3.63, 3.8) is 0 Å². The molecule has 1 aromatic carbocycles. The van der Waals surface area contributed by atoms with Gasteiger partial charge in [0, 0.05) is 13.2 Å². The van der Waals surface area contributed by atoms with Gasteiger partial charge in [0.25, 0.3) is 5.91 Å². The third kappa shape index (κ3) is 2.61. The van der Waals surface area contributed by atoms with Crippen LogP contribution in [-0.4, -0.2) is 31.7 Å². The van der Waals surface area contributed by atoms with Gasteiger partial charge in [0.1, 0.15) is 0 Å². The molecule has 7 nitrogen and oxygen atoms in total. The number of hydrogen-bond donors (Lipinski definition) is 2. The van der Waals surface area contributed by atoms with E-state index in [4.69, 9.17) is 5.11 Å². The molecule has 0 saturated carbocycles. The number of aromatic carboxylic acids is 1. The summed E-state index contributed by atoms with van der Waals surface area (Å²) in [5.74, 6) is -1.35. The first-order valence-corrected chi connectivity index (χ1v) is 6.79. The molecule has 0 radical (unpaired) electrons. The number of carbonyl (C=O) groups is 2. The van der Waals surface area contributed by atoms with E-state index in [1.165, 1.54) is 28.2 Å². The summed E-state index contributed by atoms with van der Waals surface area (Å²) in [6.07, 6.45) is 1.67. The summed E-state index contributed by atoms with van der Waals surface area (Å²) in [6.45, 7) is 0. The van der Waals surface area contributed by atoms with Crippen LogP contribution in [0.5, 0.6) is 0 Å². The van der Waals surface area contributed by atoms with Crippen LogP contribution in [0.3, 0.4) is 0 Å². The van der Waals surface area contributed by atoms with Crippen molar-refractivity contribution >= 4 is 38.6 Å². The summed E-state index contributed by atoms with van der Waals surface area (Å²) < 4.78 is 2.23. The lowest BCUT2D eigenvalue weighted by atomic mass is 10.2. The van der Waals surface area contributed by atoms with Crippen LogP contribution in [0.4, 0.5) is 5.13 Å². The molecular formula is C13H10N4O3S. The lowest BCUT2D eigenvalue weighted by Crippen LogP contribution is -2.12. The molecule has 3 aromatic rings. The van der Waals surface area contributed by atoms with E-state index in [-0.39, 0.29) is 11.5 Å². The van der Waals surface area contributed by atoms with E-state index in [0.29, 0.717) is 21.0 Å². The molecule has 8 heteroatoms. The number of fused-ring (bicyclic) bond motifs is 1. The molecule has 2 aromatic heterocycles. The monoisotopic (exact) mass is 302 g/mol. The highest BCUT2D eigenvalue weighted by Crippen LogP contribution is 2.27. The molecule has 2 heterocycles. The van der Waals surface area contributed by atoms with E-state index in [1.54, 1.807) is 25.4 Å². The number of benzene rings is 1. The predicted octanol–water partition coefficient (Wildman–Crippen LogP) is 1.98. The number of nitrogens with one attached hydrogen (secondary N) is 1. The number of carboxylic acid groups (broad SMARTS) is 1. The molecule has 0 atom stereocenters. The van der Waals surface area contributed by atoms with E-state index in [1.807, 2.05) is 0 Å². The number of thiazole rings is 1. The van der Waals surface area contributed by atoms with E-state index in [2.05, 4.69) is 15.4 Å². The highest BCUT2D eigenvalue weighted by atomic mass is 32.1. The SMILES string of the molecule is Cn1ccc(C(=O)Nc2nc3ccc(C(=O)O)cc3s2)n1. The maximum absolute atomic E-state index is 12.0. The molecule has 0 unspecified atom stereocenters. The van der Waals surface area contributed by atoms with E-state index in [9.17, 15) is 9.59 Å². The van der Waals surface area contributed by atoms with Crippen molar-refractivity contribution < 1.29 is 14.7 Å². The number of carbonyl (C=O) groups excluding carboxylic acids is 1. The van der Waals surface area contributed by atoms with Crippen molar-refractivity contribution in [2.45, 2.75) is 0 Å². The van der Waals surface area contributed by atoms with Gasteiger partial charge < -0.3 is 5.11 Å². The molecule has 0 aliphatic heterocycles. The van der Waals surface area contributed by atoms with Crippen LogP contribution in [0.1, 0.15) is 20.8 Å². The minimum atomic E-state index is -0.996. The zero-order valence-corrected chi connectivity index (χ0v) is 11.7. The number of aromatic nitrogens is 3. The Morgan fingerprint density at radius 3 is 2.81 bits per heavy atom. The van der Waals surface area contributed by atoms with Crippen molar-refractivity contribution in [1.29, 1.82) is 0 Å². The van der Waals surface area contributed by atoms with Crippen LogP contribution in [0.25, 0.3) is 10.2 Å². The molecule has 0 spiro atoms. The Labute approximate surface area is 122 Å². The summed E-state index contributed by atoms with van der Waals surface area (Å²) in [5.41, 5.74) is 1.12. The summed E-state index contributed by atoms with van der Waals surface area (Å²) in [4.78, 5) is 27.1. The second-order valence-corrected chi connectivity index (χ2v) is 5.37. The topological polar surface area (TPSA) is 97.1 Å². The number of nitrogens with zero attached hydrogens (tertiary/aromatic N) is 3. The molecule has 0 aliphatic rings. The Bertz CT molecular complexity index is 852. The van der Waals surface area contributed by atoms with Crippen LogP contribution in [0, 0.1) is 0 Å². The number of anilines is 1. The Hall–Kier alpha value is -2.74. The van der Waals surface area contributed by atoms with Crippen LogP contribution in [0.2, 0.25) is 0 Å². The van der Waals surface area contributed by atoms with E-state index in [0.717, 1.165) is 0 Å². The Balaban J connectivity index is 1.87. The first kappa shape index (κ1) is 13.3. The second kappa shape index (κ2) is 4.98. The average Bonchev–Trinajstić information content (AvgIpc) is 3.03. The molecule has 0 saturated heterocycles. The fourth-order valence-electron chi connectivity index (χ4n) is 1.81. The fourth-order valence-corrected chi connectivity index (χ4v) is 2.71. The van der Waals surface area contributed by atoms with Crippen LogP contribution >= 0.6 is 11.3 Å². The lowest BCUT2D eigenvalue weighted by Gasteiger charge is -1.96. The fraction of sp³-hybridized carbons (Fsp3) is 0.0769. The molecule has 0 bridgehead atoms. The Kier molecular flexibility index (Phi) is 3.15. The third-order valence-electron chi connectivity index (χ3n) is 2.80. The summed E-state index contributed by atoms with van der Waals surface area (Å²) in [7, 11) is 1.72. The molecule has 0 fully saturated rings. The van der Waals surface area contributed by atoms with E-state index >= 15 is 0 Å². The largest absolute Gasteiger partial charge is 0.478 e. The van der Waals surface area contributed by atoms with Crippen LogP contribution in [-0.2, 0) is 7.05 Å². The van der Waals surface area contributed by atoms with Crippen LogP contribution < -0.4 is 5.32 Å². The minimum absolute atomic E-state index is 0.189. The minimum Gasteiger partial charge on any atom is -0.478 e. The number of hydrogen-bond acceptors (Lipinski definition) is 5. The molecule has 1 amide bonds. The first-order chi connectivity index (χ1) is 10.0. The quantitative estimate of drug-likeness (QED) is 0.771. The van der Waals surface area contributed by atoms with Gasteiger partial charge >= 0.3 is 5.97 Å². The zero-order chi connectivity index (χ0) is 15.0. The van der Waals surface area contributed by atoms with Crippen LogP contribution in [0.15, 0.2) is 30.5 Å². The standard InChI is InChI=1S/C13H10N4O3S/c1-17-5-4-9(16-17)11(18)15-13-14-8-3-2-7(12(19)20)6-10(8)21-13/h2-6H,1H3,(H,19,20)(H,14,15,18). The van der Waals surface area contributed by atoms with Gasteiger partial charge in [0.2, 0.25) is 0 Å². The maximum Gasteiger partial charge on any atom is 0.335 e. The third-order valence-corrected chi connectivity index (χ3v) is 3.74. The first-order valence-electron chi connectivity index (χ1n) is 5.98. The smallest absolute Gasteiger partial charge is 0.335 e. The number of rotatable bonds is 3. The number of carboxylic acids is 1. The maximum atomic E-state index is 12.0. The normalized spacial score (nSPS) is 10.7. The number of amides is 1. The van der Waals surface area contributed by atoms with Gasteiger partial charge in [-0.2, -0.15) is 5.10 Å². The molecule has 2 N–H and O–H groups in total. The van der Waals surface area contributed by atoms with Gasteiger partial charge in [-0.1, -0.05) is 11.3 Å². The molecular weight excluding hydrogens is 292 g/mol. The zero-order valence-electron chi connectivity index (χ0n) is 10.9. The second-order valence-electron chi connectivity index (χ2n) is 4.34. The van der Waals surface area contributed by atoms with Crippen molar-refractivity contribution in [2.75, 3.05) is 5.32 Å². The average molecular weight is 302 g/mol. The summed E-state index contributed by atoms with van der Waals surface area (Å²) >= 11 is 1.22.